The van der Waals surface area contributed by atoms with Crippen LogP contribution in [0.2, 0.25) is 5.02 Å². The zero-order chi connectivity index (χ0) is 13.2. The minimum absolute atomic E-state index is 0.170. The quantitative estimate of drug-likeness (QED) is 0.801. The Morgan fingerprint density at radius 1 is 1.47 bits per heavy atom. The molecule has 0 spiro atoms. The van der Waals surface area contributed by atoms with Crippen LogP contribution in [0.15, 0.2) is 30.4 Å². The van der Waals surface area contributed by atoms with Crippen molar-refractivity contribution in [2.24, 2.45) is 0 Å². The highest BCUT2D eigenvalue weighted by atomic mass is 35.5. The number of allylic oxidation sites excluding steroid dienone is 2. The molecule has 2 aromatic rings. The Balaban J connectivity index is 2.00. The summed E-state index contributed by atoms with van der Waals surface area (Å²) in [6, 6.07) is 6.03. The number of aromatic amines is 1. The molecule has 1 aromatic heterocycles. The summed E-state index contributed by atoms with van der Waals surface area (Å²) in [5.41, 5.74) is 3.69. The second-order valence-corrected chi connectivity index (χ2v) is 5.34. The largest absolute Gasteiger partial charge is 0.372 e. The first-order chi connectivity index (χ1) is 9.31. The molecule has 19 heavy (non-hydrogen) atoms. The van der Waals surface area contributed by atoms with Crippen molar-refractivity contribution in [2.75, 3.05) is 6.61 Å². The van der Waals surface area contributed by atoms with Crippen LogP contribution in [0, 0.1) is 0 Å². The Bertz CT molecular complexity index is 614. The number of ether oxygens (including phenoxy) is 1. The number of rotatable bonds is 3. The van der Waals surface area contributed by atoms with Crippen LogP contribution in [-0.4, -0.2) is 11.6 Å². The van der Waals surface area contributed by atoms with E-state index in [1.54, 1.807) is 0 Å². The van der Waals surface area contributed by atoms with E-state index >= 15 is 0 Å². The molecule has 1 N–H and O–H groups in total. The van der Waals surface area contributed by atoms with Gasteiger partial charge in [0, 0.05) is 16.6 Å². The van der Waals surface area contributed by atoms with Gasteiger partial charge in [-0.05, 0) is 43.9 Å². The van der Waals surface area contributed by atoms with E-state index in [2.05, 4.69) is 30.1 Å². The standard InChI is InChI=1S/C16H18ClNO/c1-2-3-4-8-14-16-11(9-10-19-14)15-12(17)6-5-7-13(15)18-16/h2-3,5-7,14,18H,4,8-10H2,1H3/b3-2+. The lowest BCUT2D eigenvalue weighted by Crippen LogP contribution is -2.15. The molecule has 0 bridgehead atoms. The van der Waals surface area contributed by atoms with Gasteiger partial charge in [0.15, 0.2) is 0 Å². The number of hydrogen-bond acceptors (Lipinski definition) is 1. The van der Waals surface area contributed by atoms with E-state index in [0.29, 0.717) is 0 Å². The lowest BCUT2D eigenvalue weighted by molar-refractivity contribution is 0.0350. The third kappa shape index (κ3) is 2.31. The van der Waals surface area contributed by atoms with E-state index in [1.807, 2.05) is 12.1 Å². The molecule has 3 heteroatoms. The summed E-state index contributed by atoms with van der Waals surface area (Å²) in [6.45, 7) is 2.83. The first kappa shape index (κ1) is 12.8. The molecule has 3 rings (SSSR count). The summed E-state index contributed by atoms with van der Waals surface area (Å²) in [5.74, 6) is 0. The maximum absolute atomic E-state index is 6.34. The fraction of sp³-hybridized carbons (Fsp3) is 0.375. The molecule has 1 aromatic carbocycles. The number of H-pyrrole nitrogens is 1. The number of hydrogen-bond donors (Lipinski definition) is 1. The number of nitrogens with one attached hydrogen (secondary N) is 1. The van der Waals surface area contributed by atoms with Gasteiger partial charge >= 0.3 is 0 Å². The fourth-order valence-electron chi connectivity index (χ4n) is 2.85. The van der Waals surface area contributed by atoms with E-state index < -0.39 is 0 Å². The summed E-state index contributed by atoms with van der Waals surface area (Å²) in [7, 11) is 0. The molecule has 1 aliphatic heterocycles. The normalized spacial score (nSPS) is 19.2. The highest BCUT2D eigenvalue weighted by Gasteiger charge is 2.25. The number of benzene rings is 1. The van der Waals surface area contributed by atoms with Gasteiger partial charge in [-0.2, -0.15) is 0 Å². The molecule has 0 saturated heterocycles. The summed E-state index contributed by atoms with van der Waals surface area (Å²) < 4.78 is 5.91. The Morgan fingerprint density at radius 2 is 2.37 bits per heavy atom. The lowest BCUT2D eigenvalue weighted by Gasteiger charge is -2.23. The molecule has 0 amide bonds. The average molecular weight is 276 g/mol. The molecule has 0 fully saturated rings. The lowest BCUT2D eigenvalue weighted by atomic mass is 10.00. The van der Waals surface area contributed by atoms with Gasteiger partial charge in [-0.15, -0.1) is 0 Å². The summed E-state index contributed by atoms with van der Waals surface area (Å²) in [5, 5.41) is 2.02. The highest BCUT2D eigenvalue weighted by molar-refractivity contribution is 6.35. The highest BCUT2D eigenvalue weighted by Crippen LogP contribution is 2.37. The Labute approximate surface area is 118 Å². The minimum Gasteiger partial charge on any atom is -0.372 e. The zero-order valence-electron chi connectivity index (χ0n) is 11.1. The van der Waals surface area contributed by atoms with Crippen LogP contribution < -0.4 is 0 Å². The predicted octanol–water partition coefficient (Wildman–Crippen LogP) is 4.79. The zero-order valence-corrected chi connectivity index (χ0v) is 11.8. The maximum Gasteiger partial charge on any atom is 0.0978 e. The van der Waals surface area contributed by atoms with Crippen LogP contribution in [-0.2, 0) is 11.2 Å². The fourth-order valence-corrected chi connectivity index (χ4v) is 3.14. The topological polar surface area (TPSA) is 25.0 Å². The molecule has 1 unspecified atom stereocenters. The van der Waals surface area contributed by atoms with Crippen LogP contribution in [0.25, 0.3) is 10.9 Å². The molecular weight excluding hydrogens is 258 g/mol. The van der Waals surface area contributed by atoms with Crippen molar-refractivity contribution in [3.63, 3.8) is 0 Å². The smallest absolute Gasteiger partial charge is 0.0978 e. The molecule has 1 aliphatic rings. The van der Waals surface area contributed by atoms with Crippen LogP contribution in [0.3, 0.4) is 0 Å². The van der Waals surface area contributed by atoms with E-state index in [-0.39, 0.29) is 6.10 Å². The van der Waals surface area contributed by atoms with Crippen molar-refractivity contribution >= 4 is 22.5 Å². The Hall–Kier alpha value is -1.25. The van der Waals surface area contributed by atoms with Crippen molar-refractivity contribution in [1.29, 1.82) is 0 Å². The summed E-state index contributed by atoms with van der Waals surface area (Å²) in [6.07, 6.45) is 7.45. The van der Waals surface area contributed by atoms with Crippen LogP contribution in [0.4, 0.5) is 0 Å². The maximum atomic E-state index is 6.34. The van der Waals surface area contributed by atoms with E-state index in [4.69, 9.17) is 16.3 Å². The Morgan fingerprint density at radius 3 is 3.21 bits per heavy atom. The third-order valence-corrected chi connectivity index (χ3v) is 4.05. The molecule has 2 nitrogen and oxygen atoms in total. The van der Waals surface area contributed by atoms with Crippen molar-refractivity contribution in [3.05, 3.63) is 46.6 Å². The van der Waals surface area contributed by atoms with Crippen molar-refractivity contribution in [3.8, 4) is 0 Å². The number of fused-ring (bicyclic) bond motifs is 3. The minimum atomic E-state index is 0.170. The van der Waals surface area contributed by atoms with Crippen LogP contribution in [0.5, 0.6) is 0 Å². The molecule has 0 radical (unpaired) electrons. The second-order valence-electron chi connectivity index (χ2n) is 4.94. The van der Waals surface area contributed by atoms with E-state index in [1.165, 1.54) is 16.6 Å². The summed E-state index contributed by atoms with van der Waals surface area (Å²) in [4.78, 5) is 3.50. The van der Waals surface area contributed by atoms with Crippen molar-refractivity contribution < 1.29 is 4.74 Å². The summed E-state index contributed by atoms with van der Waals surface area (Å²) >= 11 is 6.34. The van der Waals surface area contributed by atoms with Crippen molar-refractivity contribution in [1.82, 2.24) is 4.98 Å². The van der Waals surface area contributed by atoms with Gasteiger partial charge in [0.25, 0.3) is 0 Å². The molecule has 100 valence electrons. The molecule has 1 atom stereocenters. The van der Waals surface area contributed by atoms with Gasteiger partial charge in [0.2, 0.25) is 0 Å². The van der Waals surface area contributed by atoms with Gasteiger partial charge in [0.1, 0.15) is 0 Å². The van der Waals surface area contributed by atoms with Crippen molar-refractivity contribution in [2.45, 2.75) is 32.3 Å². The third-order valence-electron chi connectivity index (χ3n) is 3.73. The molecule has 2 heterocycles. The number of aromatic nitrogens is 1. The molecular formula is C16H18ClNO. The van der Waals surface area contributed by atoms with Crippen LogP contribution >= 0.6 is 11.6 Å². The Kier molecular flexibility index (Phi) is 3.63. The predicted molar refractivity (Wildman–Crippen MR) is 79.8 cm³/mol. The molecule has 0 saturated carbocycles. The monoisotopic (exact) mass is 275 g/mol. The van der Waals surface area contributed by atoms with Gasteiger partial charge in [0.05, 0.1) is 17.7 Å². The number of halogens is 1. The SMILES string of the molecule is C/C=C/CCC1OCCc2c1[nH]c1cccc(Cl)c21. The van der Waals surface area contributed by atoms with Gasteiger partial charge in [-0.3, -0.25) is 0 Å². The van der Waals surface area contributed by atoms with Gasteiger partial charge in [-0.25, -0.2) is 0 Å². The van der Waals surface area contributed by atoms with Gasteiger partial charge in [-0.1, -0.05) is 29.8 Å². The van der Waals surface area contributed by atoms with Crippen LogP contribution in [0.1, 0.15) is 37.1 Å². The van der Waals surface area contributed by atoms with E-state index in [0.717, 1.165) is 36.4 Å². The molecule has 0 aliphatic carbocycles. The first-order valence-electron chi connectivity index (χ1n) is 6.83. The van der Waals surface area contributed by atoms with Gasteiger partial charge < -0.3 is 9.72 Å². The average Bonchev–Trinajstić information content (AvgIpc) is 2.80. The second kappa shape index (κ2) is 5.40. The van der Waals surface area contributed by atoms with E-state index in [9.17, 15) is 0 Å². The first-order valence-corrected chi connectivity index (χ1v) is 7.20.